The van der Waals surface area contributed by atoms with Gasteiger partial charge in [0.1, 0.15) is 0 Å². The number of morpholine rings is 1. The van der Waals surface area contributed by atoms with Gasteiger partial charge in [-0.3, -0.25) is 10.1 Å². The first-order chi connectivity index (χ1) is 13.8. The van der Waals surface area contributed by atoms with Crippen molar-refractivity contribution in [3.05, 3.63) is 54.1 Å². The van der Waals surface area contributed by atoms with Gasteiger partial charge in [0.2, 0.25) is 10.0 Å². The van der Waals surface area contributed by atoms with Gasteiger partial charge in [-0.15, -0.1) is 0 Å². The van der Waals surface area contributed by atoms with Gasteiger partial charge in [-0.1, -0.05) is 23.5 Å². The van der Waals surface area contributed by atoms with Crippen LogP contribution >= 0.6 is 11.3 Å². The maximum atomic E-state index is 12.9. The van der Waals surface area contributed by atoms with Crippen LogP contribution in [0.25, 0.3) is 10.2 Å². The zero-order chi connectivity index (χ0) is 20.6. The lowest BCUT2D eigenvalue weighted by Crippen LogP contribution is -2.48. The number of hydrogen-bond acceptors (Lipinski definition) is 6. The second kappa shape index (κ2) is 7.83. The highest BCUT2D eigenvalue weighted by Crippen LogP contribution is 2.26. The van der Waals surface area contributed by atoms with Gasteiger partial charge in [-0.2, -0.15) is 4.31 Å². The molecule has 1 amide bonds. The number of benzene rings is 2. The zero-order valence-electron chi connectivity index (χ0n) is 16.0. The highest BCUT2D eigenvalue weighted by Gasteiger charge is 2.32. The molecule has 7 nitrogen and oxygen atoms in total. The molecular formula is C20H21N3O4S2. The van der Waals surface area contributed by atoms with Crippen LogP contribution in [0, 0.1) is 0 Å². The Balaban J connectivity index is 1.50. The highest BCUT2D eigenvalue weighted by molar-refractivity contribution is 7.89. The Hall–Kier alpha value is -2.33. The number of nitrogens with one attached hydrogen (secondary N) is 1. The summed E-state index contributed by atoms with van der Waals surface area (Å²) in [5.41, 5.74) is 1.19. The number of ether oxygens (including phenoxy) is 1. The number of anilines is 1. The van der Waals surface area contributed by atoms with Crippen molar-refractivity contribution in [3.63, 3.8) is 0 Å². The van der Waals surface area contributed by atoms with Crippen LogP contribution in [0.3, 0.4) is 0 Å². The molecule has 2 heterocycles. The van der Waals surface area contributed by atoms with Gasteiger partial charge in [-0.05, 0) is 50.2 Å². The van der Waals surface area contributed by atoms with Crippen LogP contribution < -0.4 is 5.32 Å². The van der Waals surface area contributed by atoms with Crippen LogP contribution in [0.15, 0.2) is 53.4 Å². The first kappa shape index (κ1) is 20.0. The lowest BCUT2D eigenvalue weighted by atomic mass is 10.2. The average Bonchev–Trinajstić information content (AvgIpc) is 3.09. The number of sulfonamides is 1. The third kappa shape index (κ3) is 4.18. The molecule has 0 aliphatic carbocycles. The summed E-state index contributed by atoms with van der Waals surface area (Å²) < 4.78 is 33.9. The minimum atomic E-state index is -3.64. The van der Waals surface area contributed by atoms with Gasteiger partial charge in [0, 0.05) is 18.7 Å². The van der Waals surface area contributed by atoms with E-state index in [9.17, 15) is 13.2 Å². The molecular weight excluding hydrogens is 410 g/mol. The Labute approximate surface area is 173 Å². The van der Waals surface area contributed by atoms with E-state index in [1.807, 2.05) is 38.1 Å². The van der Waals surface area contributed by atoms with Gasteiger partial charge in [-0.25, -0.2) is 13.4 Å². The van der Waals surface area contributed by atoms with E-state index >= 15 is 0 Å². The Bertz CT molecular complexity index is 1100. The lowest BCUT2D eigenvalue weighted by Gasteiger charge is -2.34. The molecule has 1 N–H and O–H groups in total. The number of para-hydroxylation sites is 1. The quantitative estimate of drug-likeness (QED) is 0.684. The smallest absolute Gasteiger partial charge is 0.257 e. The van der Waals surface area contributed by atoms with Crippen LogP contribution in [-0.2, 0) is 14.8 Å². The van der Waals surface area contributed by atoms with Crippen LogP contribution in [-0.4, -0.2) is 48.9 Å². The molecule has 4 rings (SSSR count). The van der Waals surface area contributed by atoms with Crippen molar-refractivity contribution >= 4 is 42.6 Å². The van der Waals surface area contributed by atoms with E-state index in [1.165, 1.54) is 39.9 Å². The summed E-state index contributed by atoms with van der Waals surface area (Å²) in [5.74, 6) is -0.332. The molecule has 152 valence electrons. The van der Waals surface area contributed by atoms with Crippen molar-refractivity contribution in [2.45, 2.75) is 31.0 Å². The first-order valence-corrected chi connectivity index (χ1v) is 11.5. The Morgan fingerprint density at radius 2 is 1.76 bits per heavy atom. The summed E-state index contributed by atoms with van der Waals surface area (Å²) in [7, 11) is -3.64. The minimum Gasteiger partial charge on any atom is -0.373 e. The third-order valence-corrected chi connectivity index (χ3v) is 7.45. The number of thiazole rings is 1. The Kier molecular flexibility index (Phi) is 5.39. The van der Waals surface area contributed by atoms with E-state index in [0.717, 1.165) is 10.2 Å². The molecule has 2 aromatic carbocycles. The second-order valence-electron chi connectivity index (χ2n) is 7.04. The number of amides is 1. The second-order valence-corrected chi connectivity index (χ2v) is 10.0. The zero-order valence-corrected chi connectivity index (χ0v) is 17.7. The maximum absolute atomic E-state index is 12.9. The number of nitrogens with zero attached hydrogens (tertiary/aromatic N) is 2. The fourth-order valence-electron chi connectivity index (χ4n) is 3.35. The molecule has 3 aromatic rings. The van der Waals surface area contributed by atoms with Crippen molar-refractivity contribution in [1.29, 1.82) is 0 Å². The average molecular weight is 432 g/mol. The van der Waals surface area contributed by atoms with E-state index < -0.39 is 10.0 Å². The van der Waals surface area contributed by atoms with Gasteiger partial charge >= 0.3 is 0 Å². The Morgan fingerprint density at radius 3 is 2.41 bits per heavy atom. The van der Waals surface area contributed by atoms with E-state index in [0.29, 0.717) is 23.8 Å². The summed E-state index contributed by atoms with van der Waals surface area (Å²) in [6, 6.07) is 13.6. The van der Waals surface area contributed by atoms with E-state index in [2.05, 4.69) is 10.3 Å². The molecule has 0 spiro atoms. The molecule has 1 saturated heterocycles. The van der Waals surface area contributed by atoms with E-state index in [4.69, 9.17) is 4.74 Å². The van der Waals surface area contributed by atoms with Crippen molar-refractivity contribution in [2.24, 2.45) is 0 Å². The van der Waals surface area contributed by atoms with Crippen molar-refractivity contribution in [3.8, 4) is 0 Å². The van der Waals surface area contributed by atoms with E-state index in [1.54, 1.807) is 0 Å². The predicted molar refractivity (Wildman–Crippen MR) is 113 cm³/mol. The molecule has 0 bridgehead atoms. The number of rotatable bonds is 4. The fourth-order valence-corrected chi connectivity index (χ4v) is 5.80. The van der Waals surface area contributed by atoms with Gasteiger partial charge < -0.3 is 4.74 Å². The first-order valence-electron chi connectivity index (χ1n) is 9.25. The number of fused-ring (bicyclic) bond motifs is 1. The summed E-state index contributed by atoms with van der Waals surface area (Å²) in [4.78, 5) is 17.1. The molecule has 0 saturated carbocycles. The maximum Gasteiger partial charge on any atom is 0.257 e. The van der Waals surface area contributed by atoms with Gasteiger partial charge in [0.15, 0.2) is 5.13 Å². The molecule has 29 heavy (non-hydrogen) atoms. The van der Waals surface area contributed by atoms with Crippen LogP contribution in [0.1, 0.15) is 24.2 Å². The molecule has 1 aliphatic heterocycles. The lowest BCUT2D eigenvalue weighted by molar-refractivity contribution is -0.0440. The summed E-state index contributed by atoms with van der Waals surface area (Å²) in [5, 5.41) is 3.28. The van der Waals surface area contributed by atoms with Crippen molar-refractivity contribution in [2.75, 3.05) is 18.4 Å². The van der Waals surface area contributed by atoms with Crippen LogP contribution in [0.5, 0.6) is 0 Å². The minimum absolute atomic E-state index is 0.160. The molecule has 1 aromatic heterocycles. The number of carbonyl (C=O) groups excluding carboxylic acids is 1. The summed E-state index contributed by atoms with van der Waals surface area (Å²) in [6.45, 7) is 4.33. The number of carbonyl (C=O) groups is 1. The monoisotopic (exact) mass is 431 g/mol. The third-order valence-electron chi connectivity index (χ3n) is 4.65. The van der Waals surface area contributed by atoms with Crippen LogP contribution in [0.4, 0.5) is 5.13 Å². The SMILES string of the molecule is C[C@H]1CN(S(=O)(=O)c2ccc(C(=O)Nc3nc4ccccc4s3)cc2)C[C@H](C)O1. The highest BCUT2D eigenvalue weighted by atomic mass is 32.2. The summed E-state index contributed by atoms with van der Waals surface area (Å²) in [6.07, 6.45) is -0.320. The molecule has 9 heteroatoms. The van der Waals surface area contributed by atoms with Gasteiger partial charge in [0.05, 0.1) is 27.3 Å². The predicted octanol–water partition coefficient (Wildman–Crippen LogP) is 3.35. The molecule has 0 radical (unpaired) electrons. The molecule has 0 unspecified atom stereocenters. The number of hydrogen-bond donors (Lipinski definition) is 1. The van der Waals surface area contributed by atoms with Crippen LogP contribution in [0.2, 0.25) is 0 Å². The molecule has 1 aliphatic rings. The normalized spacial score (nSPS) is 20.6. The largest absolute Gasteiger partial charge is 0.373 e. The Morgan fingerprint density at radius 1 is 1.10 bits per heavy atom. The standard InChI is InChI=1S/C20H21N3O4S2/c1-13-11-23(12-14(2)27-13)29(25,26)16-9-7-15(8-10-16)19(24)22-20-21-17-5-3-4-6-18(17)28-20/h3-10,13-14H,11-12H2,1-2H3,(H,21,22,24)/t13-,14-/m0/s1. The fraction of sp³-hybridized carbons (Fsp3) is 0.300. The van der Waals surface area contributed by atoms with E-state index in [-0.39, 0.29) is 23.0 Å². The topological polar surface area (TPSA) is 88.6 Å². The van der Waals surface area contributed by atoms with Crippen molar-refractivity contribution in [1.82, 2.24) is 9.29 Å². The van der Waals surface area contributed by atoms with Gasteiger partial charge in [0.25, 0.3) is 5.91 Å². The molecule has 2 atom stereocenters. The van der Waals surface area contributed by atoms with Crippen molar-refractivity contribution < 1.29 is 17.9 Å². The number of aromatic nitrogens is 1. The summed E-state index contributed by atoms with van der Waals surface area (Å²) >= 11 is 1.39. The molecule has 1 fully saturated rings.